The molecule has 0 fully saturated rings. The lowest BCUT2D eigenvalue weighted by molar-refractivity contribution is -0.139. The summed E-state index contributed by atoms with van der Waals surface area (Å²) in [6.07, 6.45) is -4.14. The van der Waals surface area contributed by atoms with Gasteiger partial charge in [-0.05, 0) is 29.3 Å². The van der Waals surface area contributed by atoms with E-state index < -0.39 is 17.8 Å². The molecule has 0 bridgehead atoms. The van der Waals surface area contributed by atoms with E-state index in [0.29, 0.717) is 10.9 Å². The van der Waals surface area contributed by atoms with Gasteiger partial charge in [0.25, 0.3) is 0 Å². The van der Waals surface area contributed by atoms with Gasteiger partial charge in [0, 0.05) is 17.1 Å². The van der Waals surface area contributed by atoms with Gasteiger partial charge >= 0.3 is 6.18 Å². The Morgan fingerprint density at radius 3 is 2.38 bits per heavy atom. The molecule has 2 N–H and O–H groups in total. The maximum atomic E-state index is 13.1. The summed E-state index contributed by atoms with van der Waals surface area (Å²) < 4.78 is 39.2. The molecule has 0 aliphatic carbocycles. The Morgan fingerprint density at radius 2 is 1.62 bits per heavy atom. The van der Waals surface area contributed by atoms with Crippen molar-refractivity contribution < 1.29 is 18.3 Å². The number of H-pyrrole nitrogens is 1. The summed E-state index contributed by atoms with van der Waals surface area (Å²) in [5.41, 5.74) is 0.269. The van der Waals surface area contributed by atoms with Crippen LogP contribution in [0.4, 0.5) is 13.2 Å². The van der Waals surface area contributed by atoms with Gasteiger partial charge in [-0.1, -0.05) is 30.3 Å². The van der Waals surface area contributed by atoms with Crippen LogP contribution in [0.3, 0.4) is 0 Å². The minimum absolute atomic E-state index is 0.140. The second-order valence-corrected chi connectivity index (χ2v) is 4.77. The van der Waals surface area contributed by atoms with Crippen molar-refractivity contribution in [3.05, 3.63) is 71.4 Å². The highest BCUT2D eigenvalue weighted by Crippen LogP contribution is 2.37. The van der Waals surface area contributed by atoms with E-state index in [1.807, 2.05) is 0 Å². The van der Waals surface area contributed by atoms with Crippen LogP contribution in [0.1, 0.15) is 22.8 Å². The van der Waals surface area contributed by atoms with Gasteiger partial charge in [0.1, 0.15) is 6.10 Å². The Bertz CT molecular complexity index is 776. The van der Waals surface area contributed by atoms with E-state index in [-0.39, 0.29) is 5.56 Å². The first kappa shape index (κ1) is 13.7. The third kappa shape index (κ3) is 2.40. The molecule has 0 aliphatic rings. The molecule has 3 rings (SSSR count). The zero-order valence-corrected chi connectivity index (χ0v) is 10.9. The third-order valence-electron chi connectivity index (χ3n) is 3.48. The SMILES string of the molecule is OC(c1ccccc1C(F)(F)F)c1cccc2[nH]ccc12. The summed E-state index contributed by atoms with van der Waals surface area (Å²) in [5.74, 6) is 0. The Morgan fingerprint density at radius 1 is 0.905 bits per heavy atom. The van der Waals surface area contributed by atoms with Crippen molar-refractivity contribution >= 4 is 10.9 Å². The quantitative estimate of drug-likeness (QED) is 0.727. The molecule has 0 saturated carbocycles. The van der Waals surface area contributed by atoms with E-state index in [9.17, 15) is 18.3 Å². The maximum Gasteiger partial charge on any atom is 0.416 e. The number of benzene rings is 2. The van der Waals surface area contributed by atoms with E-state index in [1.165, 1.54) is 18.2 Å². The number of hydrogen-bond donors (Lipinski definition) is 2. The van der Waals surface area contributed by atoms with Gasteiger partial charge in [-0.3, -0.25) is 0 Å². The van der Waals surface area contributed by atoms with Gasteiger partial charge < -0.3 is 10.1 Å². The summed E-state index contributed by atoms with van der Waals surface area (Å²) in [4.78, 5) is 2.98. The lowest BCUT2D eigenvalue weighted by Gasteiger charge is -2.18. The monoisotopic (exact) mass is 291 g/mol. The fraction of sp³-hybridized carbons (Fsp3) is 0.125. The topological polar surface area (TPSA) is 36.0 Å². The fourth-order valence-electron chi connectivity index (χ4n) is 2.51. The molecule has 0 aliphatic heterocycles. The minimum atomic E-state index is -4.50. The average Bonchev–Trinajstić information content (AvgIpc) is 2.94. The summed E-state index contributed by atoms with van der Waals surface area (Å²) in [6, 6.07) is 12.0. The lowest BCUT2D eigenvalue weighted by atomic mass is 9.94. The number of aromatic amines is 1. The number of halogens is 3. The molecule has 21 heavy (non-hydrogen) atoms. The van der Waals surface area contributed by atoms with E-state index in [1.54, 1.807) is 30.5 Å². The predicted molar refractivity (Wildman–Crippen MR) is 73.8 cm³/mol. The van der Waals surface area contributed by atoms with Crippen molar-refractivity contribution in [3.8, 4) is 0 Å². The molecule has 108 valence electrons. The first-order chi connectivity index (χ1) is 9.98. The molecule has 3 aromatic rings. The fourth-order valence-corrected chi connectivity index (χ4v) is 2.51. The lowest BCUT2D eigenvalue weighted by Crippen LogP contribution is -2.12. The Hall–Kier alpha value is -2.27. The number of nitrogens with one attached hydrogen (secondary N) is 1. The van der Waals surface area contributed by atoms with Crippen molar-refractivity contribution in [1.82, 2.24) is 4.98 Å². The molecule has 1 atom stereocenters. The highest BCUT2D eigenvalue weighted by atomic mass is 19.4. The Balaban J connectivity index is 2.15. The second-order valence-electron chi connectivity index (χ2n) is 4.77. The molecule has 1 heterocycles. The average molecular weight is 291 g/mol. The summed E-state index contributed by atoms with van der Waals surface area (Å²) in [5, 5.41) is 11.1. The molecular formula is C16H12F3NO. The number of rotatable bonds is 2. The van der Waals surface area contributed by atoms with Gasteiger partial charge in [-0.15, -0.1) is 0 Å². The molecule has 2 aromatic carbocycles. The molecule has 0 spiro atoms. The smallest absolute Gasteiger partial charge is 0.384 e. The number of hydrogen-bond acceptors (Lipinski definition) is 1. The van der Waals surface area contributed by atoms with Gasteiger partial charge in [0.2, 0.25) is 0 Å². The molecule has 5 heteroatoms. The van der Waals surface area contributed by atoms with Crippen molar-refractivity contribution in [1.29, 1.82) is 0 Å². The molecule has 1 unspecified atom stereocenters. The zero-order chi connectivity index (χ0) is 15.0. The predicted octanol–water partition coefficient (Wildman–Crippen LogP) is 4.27. The largest absolute Gasteiger partial charge is 0.416 e. The van der Waals surface area contributed by atoms with Crippen LogP contribution in [-0.2, 0) is 6.18 Å². The normalized spacial score (nSPS) is 13.5. The van der Waals surface area contributed by atoms with Crippen LogP contribution in [0.2, 0.25) is 0 Å². The van der Waals surface area contributed by atoms with E-state index in [0.717, 1.165) is 11.6 Å². The van der Waals surface area contributed by atoms with Crippen LogP contribution in [0, 0.1) is 0 Å². The number of aliphatic hydroxyl groups excluding tert-OH is 1. The van der Waals surface area contributed by atoms with Crippen LogP contribution in [0.25, 0.3) is 10.9 Å². The number of aliphatic hydroxyl groups is 1. The highest BCUT2D eigenvalue weighted by Gasteiger charge is 2.35. The number of aromatic nitrogens is 1. The van der Waals surface area contributed by atoms with Crippen LogP contribution < -0.4 is 0 Å². The van der Waals surface area contributed by atoms with E-state index >= 15 is 0 Å². The van der Waals surface area contributed by atoms with Crippen molar-refractivity contribution in [2.75, 3.05) is 0 Å². The molecule has 1 aromatic heterocycles. The number of fused-ring (bicyclic) bond motifs is 1. The van der Waals surface area contributed by atoms with Crippen molar-refractivity contribution in [3.63, 3.8) is 0 Å². The molecule has 0 radical (unpaired) electrons. The molecule has 0 amide bonds. The van der Waals surface area contributed by atoms with E-state index in [2.05, 4.69) is 4.98 Å². The van der Waals surface area contributed by atoms with Crippen LogP contribution in [-0.4, -0.2) is 10.1 Å². The van der Waals surface area contributed by atoms with Crippen LogP contribution >= 0.6 is 0 Å². The zero-order valence-electron chi connectivity index (χ0n) is 10.9. The Labute approximate surface area is 118 Å². The van der Waals surface area contributed by atoms with Crippen molar-refractivity contribution in [2.45, 2.75) is 12.3 Å². The standard InChI is InChI=1S/C16H12F3NO/c17-16(18,19)13-6-2-1-4-12(13)15(21)11-5-3-7-14-10(11)8-9-20-14/h1-9,15,20-21H. The molecule has 2 nitrogen and oxygen atoms in total. The van der Waals surface area contributed by atoms with Gasteiger partial charge in [-0.2, -0.15) is 13.2 Å². The van der Waals surface area contributed by atoms with Crippen molar-refractivity contribution in [2.24, 2.45) is 0 Å². The van der Waals surface area contributed by atoms with Gasteiger partial charge in [0.15, 0.2) is 0 Å². The highest BCUT2D eigenvalue weighted by molar-refractivity contribution is 5.83. The molecule has 0 saturated heterocycles. The first-order valence-corrected chi connectivity index (χ1v) is 6.38. The van der Waals surface area contributed by atoms with E-state index in [4.69, 9.17) is 0 Å². The maximum absolute atomic E-state index is 13.1. The van der Waals surface area contributed by atoms with Gasteiger partial charge in [-0.25, -0.2) is 0 Å². The summed E-state index contributed by atoms with van der Waals surface area (Å²) >= 11 is 0. The third-order valence-corrected chi connectivity index (χ3v) is 3.48. The van der Waals surface area contributed by atoms with Crippen LogP contribution in [0.15, 0.2) is 54.7 Å². The second kappa shape index (κ2) is 4.93. The van der Waals surface area contributed by atoms with Gasteiger partial charge in [0.05, 0.1) is 5.56 Å². The summed E-state index contributed by atoms with van der Waals surface area (Å²) in [6.45, 7) is 0. The number of alkyl halides is 3. The first-order valence-electron chi connectivity index (χ1n) is 6.38. The van der Waals surface area contributed by atoms with Crippen LogP contribution in [0.5, 0.6) is 0 Å². The minimum Gasteiger partial charge on any atom is -0.384 e. The Kier molecular flexibility index (Phi) is 3.22. The summed E-state index contributed by atoms with van der Waals surface area (Å²) in [7, 11) is 0. The molecular weight excluding hydrogens is 279 g/mol.